The fourth-order valence-electron chi connectivity index (χ4n) is 1.91. The van der Waals surface area contributed by atoms with Crippen molar-refractivity contribution in [3.8, 4) is 5.75 Å². The van der Waals surface area contributed by atoms with E-state index in [0.717, 1.165) is 5.75 Å². The quantitative estimate of drug-likeness (QED) is 0.527. The average Bonchev–Trinajstić information content (AvgIpc) is 3.01. The molecular formula is C17H14BrFN2O2S. The second-order valence-electron chi connectivity index (χ2n) is 5.09. The smallest absolute Gasteiger partial charge is 0.277 e. The van der Waals surface area contributed by atoms with Crippen molar-refractivity contribution in [2.24, 2.45) is 0 Å². The summed E-state index contributed by atoms with van der Waals surface area (Å²) in [6, 6.07) is 12.7. The van der Waals surface area contributed by atoms with Crippen molar-refractivity contribution >= 4 is 27.7 Å². The number of nitrogens with zero attached hydrogens (tertiary/aromatic N) is 2. The van der Waals surface area contributed by atoms with Crippen LogP contribution in [-0.2, 0) is 12.4 Å². The summed E-state index contributed by atoms with van der Waals surface area (Å²) in [5.74, 6) is 1.28. The third-order valence-electron chi connectivity index (χ3n) is 3.20. The van der Waals surface area contributed by atoms with Gasteiger partial charge in [0.15, 0.2) is 6.61 Å². The highest BCUT2D eigenvalue weighted by atomic mass is 79.9. The van der Waals surface area contributed by atoms with Crippen molar-refractivity contribution in [3.05, 3.63) is 69.8 Å². The molecule has 0 aliphatic rings. The monoisotopic (exact) mass is 408 g/mol. The summed E-state index contributed by atoms with van der Waals surface area (Å²) in [6.07, 6.45) is 0. The topological polar surface area (TPSA) is 48.2 Å². The fraction of sp³-hybridized carbons (Fsp3) is 0.176. The minimum Gasteiger partial charge on any atom is -0.484 e. The summed E-state index contributed by atoms with van der Waals surface area (Å²) >= 11 is 4.52. The predicted octanol–water partition coefficient (Wildman–Crippen LogP) is 5.15. The van der Waals surface area contributed by atoms with Crippen LogP contribution < -0.4 is 4.74 Å². The van der Waals surface area contributed by atoms with Crippen LogP contribution in [0.25, 0.3) is 0 Å². The molecule has 0 N–H and O–H groups in total. The first-order chi connectivity index (χ1) is 11.6. The van der Waals surface area contributed by atoms with Gasteiger partial charge in [0.1, 0.15) is 11.6 Å². The van der Waals surface area contributed by atoms with E-state index in [-0.39, 0.29) is 12.4 Å². The van der Waals surface area contributed by atoms with E-state index in [4.69, 9.17) is 9.15 Å². The Morgan fingerprint density at radius 2 is 1.96 bits per heavy atom. The zero-order valence-corrected chi connectivity index (χ0v) is 15.2. The first-order valence-electron chi connectivity index (χ1n) is 7.19. The molecule has 124 valence electrons. The van der Waals surface area contributed by atoms with Crippen LogP contribution in [0.5, 0.6) is 5.75 Å². The lowest BCUT2D eigenvalue weighted by atomic mass is 10.2. The minimum absolute atomic E-state index is 0.198. The third-order valence-corrected chi connectivity index (χ3v) is 4.56. The van der Waals surface area contributed by atoms with Crippen LogP contribution in [0.15, 0.2) is 56.6 Å². The molecule has 3 rings (SSSR count). The molecule has 0 amide bonds. The second-order valence-corrected chi connectivity index (χ2v) is 6.93. The van der Waals surface area contributed by atoms with Crippen LogP contribution in [0.2, 0.25) is 0 Å². The maximum absolute atomic E-state index is 13.8. The van der Waals surface area contributed by atoms with Crippen molar-refractivity contribution in [3.63, 3.8) is 0 Å². The highest BCUT2D eigenvalue weighted by Crippen LogP contribution is 2.25. The van der Waals surface area contributed by atoms with Gasteiger partial charge < -0.3 is 9.15 Å². The first kappa shape index (κ1) is 17.0. The lowest BCUT2D eigenvalue weighted by molar-refractivity contribution is 0.252. The Hall–Kier alpha value is -1.86. The van der Waals surface area contributed by atoms with E-state index < -0.39 is 0 Å². The second kappa shape index (κ2) is 7.81. The molecule has 4 nitrogen and oxygen atoms in total. The average molecular weight is 409 g/mol. The van der Waals surface area contributed by atoms with Gasteiger partial charge in [-0.05, 0) is 36.8 Å². The molecule has 1 heterocycles. The van der Waals surface area contributed by atoms with E-state index in [1.54, 1.807) is 12.1 Å². The van der Waals surface area contributed by atoms with Crippen molar-refractivity contribution in [1.29, 1.82) is 0 Å². The minimum atomic E-state index is -0.265. The number of aromatic nitrogens is 2. The van der Waals surface area contributed by atoms with Crippen LogP contribution in [0.1, 0.15) is 17.0 Å². The Morgan fingerprint density at radius 1 is 1.17 bits per heavy atom. The Bertz CT molecular complexity index is 824. The molecule has 0 aliphatic carbocycles. The van der Waals surface area contributed by atoms with E-state index in [9.17, 15) is 4.39 Å². The summed E-state index contributed by atoms with van der Waals surface area (Å²) in [7, 11) is 0. The number of thioether (sulfide) groups is 1. The van der Waals surface area contributed by atoms with Crippen molar-refractivity contribution in [2.75, 3.05) is 0 Å². The Balaban J connectivity index is 1.54. The number of hydrogen-bond acceptors (Lipinski definition) is 5. The van der Waals surface area contributed by atoms with Crippen molar-refractivity contribution in [2.45, 2.75) is 24.5 Å². The number of benzene rings is 2. The maximum atomic E-state index is 13.8. The molecule has 2 aromatic carbocycles. The summed E-state index contributed by atoms with van der Waals surface area (Å²) in [5.41, 5.74) is 1.75. The van der Waals surface area contributed by atoms with E-state index in [0.29, 0.717) is 26.9 Å². The molecule has 0 unspecified atom stereocenters. The SMILES string of the molecule is Cc1ccc(OCc2nnc(SCc3ccc(Br)cc3F)o2)cc1. The van der Waals surface area contributed by atoms with E-state index in [2.05, 4.69) is 26.1 Å². The number of rotatable bonds is 6. The van der Waals surface area contributed by atoms with Gasteiger partial charge >= 0.3 is 0 Å². The molecule has 0 bridgehead atoms. The lowest BCUT2D eigenvalue weighted by Crippen LogP contribution is -1.95. The normalized spacial score (nSPS) is 10.8. The molecule has 0 fully saturated rings. The van der Waals surface area contributed by atoms with Crippen molar-refractivity contribution < 1.29 is 13.5 Å². The largest absolute Gasteiger partial charge is 0.484 e. The Kier molecular flexibility index (Phi) is 5.52. The number of halogens is 2. The van der Waals surface area contributed by atoms with E-state index >= 15 is 0 Å². The summed E-state index contributed by atoms with van der Waals surface area (Å²) in [4.78, 5) is 0. The zero-order chi connectivity index (χ0) is 16.9. The molecule has 7 heteroatoms. The molecule has 0 radical (unpaired) electrons. The molecule has 24 heavy (non-hydrogen) atoms. The van der Waals surface area contributed by atoms with Gasteiger partial charge in [-0.3, -0.25) is 0 Å². The van der Waals surface area contributed by atoms with E-state index in [1.165, 1.54) is 23.4 Å². The summed E-state index contributed by atoms with van der Waals surface area (Å²) in [6.45, 7) is 2.21. The van der Waals surface area contributed by atoms with Gasteiger partial charge in [0.2, 0.25) is 0 Å². The highest BCUT2D eigenvalue weighted by molar-refractivity contribution is 9.10. The van der Waals surface area contributed by atoms with Gasteiger partial charge in [-0.15, -0.1) is 10.2 Å². The Labute approximate surface area is 151 Å². The number of hydrogen-bond donors (Lipinski definition) is 0. The maximum Gasteiger partial charge on any atom is 0.277 e. The van der Waals surface area contributed by atoms with Crippen LogP contribution in [0, 0.1) is 12.7 Å². The fourth-order valence-corrected chi connectivity index (χ4v) is 3.01. The highest BCUT2D eigenvalue weighted by Gasteiger charge is 2.10. The van der Waals surface area contributed by atoms with Gasteiger partial charge in [0.25, 0.3) is 11.1 Å². The predicted molar refractivity (Wildman–Crippen MR) is 93.5 cm³/mol. The van der Waals surface area contributed by atoms with Crippen LogP contribution >= 0.6 is 27.7 Å². The number of aryl methyl sites for hydroxylation is 1. The molecule has 0 saturated heterocycles. The van der Waals surface area contributed by atoms with Gasteiger partial charge in [-0.1, -0.05) is 51.5 Å². The van der Waals surface area contributed by atoms with Crippen LogP contribution in [0.3, 0.4) is 0 Å². The van der Waals surface area contributed by atoms with Crippen LogP contribution in [-0.4, -0.2) is 10.2 Å². The molecule has 0 saturated carbocycles. The van der Waals surface area contributed by atoms with Gasteiger partial charge in [0.05, 0.1) is 0 Å². The van der Waals surface area contributed by atoms with Gasteiger partial charge in [-0.2, -0.15) is 0 Å². The van der Waals surface area contributed by atoms with Gasteiger partial charge in [0, 0.05) is 10.2 Å². The molecule has 1 aromatic heterocycles. The molecule has 0 aliphatic heterocycles. The Morgan fingerprint density at radius 3 is 2.71 bits per heavy atom. The standard InChI is InChI=1S/C17H14BrFN2O2S/c1-11-2-6-14(7-3-11)22-9-16-20-21-17(23-16)24-10-12-4-5-13(18)8-15(12)19/h2-8H,9-10H2,1H3. The third kappa shape index (κ3) is 4.58. The van der Waals surface area contributed by atoms with Crippen LogP contribution in [0.4, 0.5) is 4.39 Å². The van der Waals surface area contributed by atoms with Gasteiger partial charge in [-0.25, -0.2) is 4.39 Å². The zero-order valence-electron chi connectivity index (χ0n) is 12.8. The summed E-state index contributed by atoms with van der Waals surface area (Å²) in [5, 5.41) is 8.26. The van der Waals surface area contributed by atoms with Crippen molar-refractivity contribution in [1.82, 2.24) is 10.2 Å². The molecular weight excluding hydrogens is 395 g/mol. The lowest BCUT2D eigenvalue weighted by Gasteiger charge is -2.03. The number of ether oxygens (including phenoxy) is 1. The molecule has 0 atom stereocenters. The molecule has 3 aromatic rings. The molecule has 0 spiro atoms. The summed E-state index contributed by atoms with van der Waals surface area (Å²) < 4.78 is 25.6. The van der Waals surface area contributed by atoms with E-state index in [1.807, 2.05) is 31.2 Å². The first-order valence-corrected chi connectivity index (χ1v) is 8.96.